The number of Topliss-reactive ketones (excluding diaryl/α,β-unsaturated/α-hetero) is 3. The Labute approximate surface area is 199 Å². The van der Waals surface area contributed by atoms with E-state index in [1.54, 1.807) is 0 Å². The van der Waals surface area contributed by atoms with Crippen molar-refractivity contribution in [2.45, 2.75) is 78.6 Å². The predicted octanol–water partition coefficient (Wildman–Crippen LogP) is 6.90. The van der Waals surface area contributed by atoms with Crippen molar-refractivity contribution in [2.75, 3.05) is 0 Å². The van der Waals surface area contributed by atoms with Crippen LogP contribution < -0.4 is 0 Å². The first-order chi connectivity index (χ1) is 15.8. The molecule has 176 valence electrons. The van der Waals surface area contributed by atoms with Crippen molar-refractivity contribution in [1.29, 1.82) is 0 Å². The van der Waals surface area contributed by atoms with Crippen LogP contribution in [-0.2, 0) is 16.0 Å². The van der Waals surface area contributed by atoms with Crippen LogP contribution in [0.2, 0.25) is 0 Å². The van der Waals surface area contributed by atoms with Gasteiger partial charge in [-0.1, -0.05) is 75.2 Å². The molecular formula is C30H38O3. The number of carbonyl (C=O) groups is 3. The highest BCUT2D eigenvalue weighted by atomic mass is 16.1. The zero-order valence-corrected chi connectivity index (χ0v) is 20.6. The summed E-state index contributed by atoms with van der Waals surface area (Å²) in [6.45, 7) is 7.73. The minimum atomic E-state index is -0.111. The topological polar surface area (TPSA) is 51.2 Å². The van der Waals surface area contributed by atoms with Crippen LogP contribution in [0.3, 0.4) is 0 Å². The maximum Gasteiger partial charge on any atom is 0.163 e. The van der Waals surface area contributed by atoms with Gasteiger partial charge in [0.1, 0.15) is 11.6 Å². The van der Waals surface area contributed by atoms with E-state index in [9.17, 15) is 14.4 Å². The molecule has 0 N–H and O–H groups in total. The molecule has 3 nitrogen and oxygen atoms in total. The second-order valence-electron chi connectivity index (χ2n) is 9.87. The summed E-state index contributed by atoms with van der Waals surface area (Å²) in [5.74, 6) is 0.780. The summed E-state index contributed by atoms with van der Waals surface area (Å²) in [5.41, 5.74) is 4.41. The largest absolute Gasteiger partial charge is 0.300 e. The second kappa shape index (κ2) is 11.5. The highest BCUT2D eigenvalue weighted by molar-refractivity contribution is 6.00. The van der Waals surface area contributed by atoms with Gasteiger partial charge in [-0.2, -0.15) is 0 Å². The molecule has 4 atom stereocenters. The van der Waals surface area contributed by atoms with Gasteiger partial charge in [-0.25, -0.2) is 0 Å². The molecule has 1 aliphatic rings. The number of benzene rings is 2. The monoisotopic (exact) mass is 446 g/mol. The number of hydrogen-bond acceptors (Lipinski definition) is 3. The Morgan fingerprint density at radius 3 is 2.39 bits per heavy atom. The van der Waals surface area contributed by atoms with Crippen molar-refractivity contribution in [3.63, 3.8) is 0 Å². The third-order valence-corrected chi connectivity index (χ3v) is 7.41. The van der Waals surface area contributed by atoms with Crippen LogP contribution in [0.25, 0.3) is 0 Å². The number of fused-ring (bicyclic) bond motifs is 1. The summed E-state index contributed by atoms with van der Waals surface area (Å²) < 4.78 is 0. The standard InChI is InChI=1S/C30H38O3/c1-5-11-23(25(6-2)28(32)16-21(4)31)18-24-19-29(33)30-20(3)12-10-15-26(30)27(24)17-22-13-8-7-9-14-22/h7-10,12-15,23-25,27H,5-6,11,16-19H2,1-4H3. The van der Waals surface area contributed by atoms with Gasteiger partial charge in [-0.3, -0.25) is 14.4 Å². The Bertz CT molecular complexity index is 975. The average Bonchev–Trinajstić information content (AvgIpc) is 2.77. The summed E-state index contributed by atoms with van der Waals surface area (Å²) in [5, 5.41) is 0. The lowest BCUT2D eigenvalue weighted by atomic mass is 9.66. The molecular weight excluding hydrogens is 408 g/mol. The van der Waals surface area contributed by atoms with Crippen molar-refractivity contribution in [3.05, 3.63) is 70.8 Å². The first-order valence-corrected chi connectivity index (χ1v) is 12.5. The Morgan fingerprint density at radius 1 is 1.03 bits per heavy atom. The van der Waals surface area contributed by atoms with Gasteiger partial charge in [0.15, 0.2) is 5.78 Å². The van der Waals surface area contributed by atoms with Gasteiger partial charge in [-0.05, 0) is 67.6 Å². The van der Waals surface area contributed by atoms with E-state index < -0.39 is 0 Å². The molecule has 0 aromatic heterocycles. The average molecular weight is 447 g/mol. The number of hydrogen-bond donors (Lipinski definition) is 0. The van der Waals surface area contributed by atoms with Gasteiger partial charge in [-0.15, -0.1) is 0 Å². The van der Waals surface area contributed by atoms with Gasteiger partial charge in [0.05, 0.1) is 6.42 Å². The first kappa shape index (κ1) is 25.1. The van der Waals surface area contributed by atoms with Gasteiger partial charge < -0.3 is 0 Å². The Kier molecular flexibility index (Phi) is 8.77. The molecule has 2 aromatic rings. The molecule has 0 aliphatic heterocycles. The Morgan fingerprint density at radius 2 is 1.76 bits per heavy atom. The normalized spacial score (nSPS) is 19.6. The molecule has 0 spiro atoms. The Hall–Kier alpha value is -2.55. The fraction of sp³-hybridized carbons (Fsp3) is 0.500. The molecule has 0 amide bonds. The molecule has 3 heteroatoms. The third-order valence-electron chi connectivity index (χ3n) is 7.41. The van der Waals surface area contributed by atoms with E-state index in [1.807, 2.05) is 19.1 Å². The number of ketones is 3. The molecule has 1 aliphatic carbocycles. The molecule has 3 rings (SSSR count). The zero-order chi connectivity index (χ0) is 24.0. The minimum Gasteiger partial charge on any atom is -0.300 e. The molecule has 0 radical (unpaired) electrons. The summed E-state index contributed by atoms with van der Waals surface area (Å²) in [6, 6.07) is 16.7. The SMILES string of the molecule is CCCC(CC1CC(=O)c2c(C)cccc2C1Cc1ccccc1)C(CC)C(=O)CC(C)=O. The molecule has 2 aromatic carbocycles. The van der Waals surface area contributed by atoms with E-state index in [-0.39, 0.29) is 47.4 Å². The van der Waals surface area contributed by atoms with Crippen molar-refractivity contribution in [3.8, 4) is 0 Å². The van der Waals surface area contributed by atoms with E-state index in [4.69, 9.17) is 0 Å². The fourth-order valence-corrected chi connectivity index (χ4v) is 5.95. The van der Waals surface area contributed by atoms with E-state index in [1.165, 1.54) is 18.1 Å². The number of rotatable bonds is 11. The van der Waals surface area contributed by atoms with Crippen molar-refractivity contribution >= 4 is 17.3 Å². The maximum absolute atomic E-state index is 13.3. The number of aryl methyl sites for hydroxylation is 1. The Balaban J connectivity index is 1.96. The van der Waals surface area contributed by atoms with E-state index in [2.05, 4.69) is 50.2 Å². The molecule has 0 bridgehead atoms. The highest BCUT2D eigenvalue weighted by Crippen LogP contribution is 2.44. The number of carbonyl (C=O) groups excluding carboxylic acids is 3. The highest BCUT2D eigenvalue weighted by Gasteiger charge is 2.38. The predicted molar refractivity (Wildman–Crippen MR) is 134 cm³/mol. The van der Waals surface area contributed by atoms with Crippen molar-refractivity contribution in [2.24, 2.45) is 17.8 Å². The molecule has 0 heterocycles. The third kappa shape index (κ3) is 6.07. The van der Waals surface area contributed by atoms with Crippen LogP contribution in [-0.4, -0.2) is 17.3 Å². The van der Waals surface area contributed by atoms with Crippen molar-refractivity contribution < 1.29 is 14.4 Å². The van der Waals surface area contributed by atoms with Crippen LogP contribution in [0.4, 0.5) is 0 Å². The van der Waals surface area contributed by atoms with E-state index in [0.717, 1.165) is 43.2 Å². The lowest BCUT2D eigenvalue weighted by Crippen LogP contribution is -2.32. The maximum atomic E-state index is 13.3. The van der Waals surface area contributed by atoms with Crippen LogP contribution in [0, 0.1) is 24.7 Å². The summed E-state index contributed by atoms with van der Waals surface area (Å²) >= 11 is 0. The van der Waals surface area contributed by atoms with E-state index >= 15 is 0 Å². The molecule has 33 heavy (non-hydrogen) atoms. The van der Waals surface area contributed by atoms with Crippen LogP contribution in [0.15, 0.2) is 48.5 Å². The molecule has 0 fully saturated rings. The molecule has 0 saturated heterocycles. The van der Waals surface area contributed by atoms with Crippen LogP contribution in [0.5, 0.6) is 0 Å². The van der Waals surface area contributed by atoms with Gasteiger partial charge >= 0.3 is 0 Å². The zero-order valence-electron chi connectivity index (χ0n) is 20.6. The molecule has 4 unspecified atom stereocenters. The minimum absolute atomic E-state index is 0.0256. The lowest BCUT2D eigenvalue weighted by Gasteiger charge is -2.37. The van der Waals surface area contributed by atoms with Crippen LogP contribution >= 0.6 is 0 Å². The smallest absolute Gasteiger partial charge is 0.163 e. The fourth-order valence-electron chi connectivity index (χ4n) is 5.95. The quantitative estimate of drug-likeness (QED) is 0.353. The van der Waals surface area contributed by atoms with Gasteiger partial charge in [0.25, 0.3) is 0 Å². The lowest BCUT2D eigenvalue weighted by molar-refractivity contribution is -0.129. The van der Waals surface area contributed by atoms with E-state index in [0.29, 0.717) is 6.42 Å². The summed E-state index contributed by atoms with van der Waals surface area (Å²) in [4.78, 5) is 37.8. The van der Waals surface area contributed by atoms with Gasteiger partial charge in [0.2, 0.25) is 0 Å². The molecule has 0 saturated carbocycles. The van der Waals surface area contributed by atoms with Crippen molar-refractivity contribution in [1.82, 2.24) is 0 Å². The summed E-state index contributed by atoms with van der Waals surface area (Å²) in [6.07, 6.45) is 5.00. The van der Waals surface area contributed by atoms with Crippen LogP contribution in [0.1, 0.15) is 92.3 Å². The first-order valence-electron chi connectivity index (χ1n) is 12.5. The van der Waals surface area contributed by atoms with Gasteiger partial charge in [0, 0.05) is 17.9 Å². The summed E-state index contributed by atoms with van der Waals surface area (Å²) in [7, 11) is 0. The second-order valence-corrected chi connectivity index (χ2v) is 9.87.